The molecule has 65 valence electrons. The molecule has 2 N–H and O–H groups in total. The number of rotatable bonds is 2. The van der Waals surface area contributed by atoms with Gasteiger partial charge in [-0.3, -0.25) is 0 Å². The number of hydrogen-bond donors (Lipinski definition) is 2. The average Bonchev–Trinajstić information content (AvgIpc) is 1.89. The third kappa shape index (κ3) is 50.0. The Bertz CT molecular complexity index is 135. The molecule has 0 saturated carbocycles. The molecule has 0 aromatic carbocycles. The van der Waals surface area contributed by atoms with Gasteiger partial charge in [0.1, 0.15) is 0 Å². The summed E-state index contributed by atoms with van der Waals surface area (Å²) in [6.45, 7) is 5.92. The zero-order chi connectivity index (χ0) is 8.57. The summed E-state index contributed by atoms with van der Waals surface area (Å²) in [7, 11) is 0. The molecule has 5 heteroatoms. The normalized spacial score (nSPS) is 5.82. The van der Waals surface area contributed by atoms with Crippen LogP contribution in [-0.4, -0.2) is 22.2 Å². The van der Waals surface area contributed by atoms with Crippen LogP contribution in [0.15, 0.2) is 25.3 Å². The summed E-state index contributed by atoms with van der Waals surface area (Å²) >= 11 is 0. The average molecular weight is 203 g/mol. The first kappa shape index (κ1) is 16.5. The van der Waals surface area contributed by atoms with E-state index >= 15 is 0 Å². The number of aliphatic carboxylic acids is 2. The summed E-state index contributed by atoms with van der Waals surface area (Å²) in [6.07, 6.45) is 1.67. The third-order valence-electron chi connectivity index (χ3n) is 0.349. The van der Waals surface area contributed by atoms with E-state index in [1.54, 1.807) is 0 Å². The molecule has 0 aromatic rings. The van der Waals surface area contributed by atoms with E-state index < -0.39 is 11.9 Å². The second-order valence-corrected chi connectivity index (χ2v) is 1.08. The Hall–Kier alpha value is -1.07. The van der Waals surface area contributed by atoms with Gasteiger partial charge in [-0.1, -0.05) is 13.2 Å². The van der Waals surface area contributed by atoms with E-state index in [2.05, 4.69) is 13.2 Å². The van der Waals surface area contributed by atoms with Gasteiger partial charge in [0.05, 0.1) is 0 Å². The Labute approximate surface area is 74.4 Å². The molecule has 0 unspecified atom stereocenters. The molecule has 0 saturated heterocycles. The van der Waals surface area contributed by atoms with E-state index in [9.17, 15) is 9.59 Å². The van der Waals surface area contributed by atoms with Crippen LogP contribution in [0.5, 0.6) is 0 Å². The van der Waals surface area contributed by atoms with Gasteiger partial charge in [-0.05, 0) is 0 Å². The minimum Gasteiger partial charge on any atom is -0.478 e. The van der Waals surface area contributed by atoms with Crippen LogP contribution in [0.2, 0.25) is 0 Å². The maximum absolute atomic E-state index is 9.25. The van der Waals surface area contributed by atoms with Gasteiger partial charge in [0.25, 0.3) is 0 Å². The second kappa shape index (κ2) is 11.7. The molecule has 0 aliphatic rings. The van der Waals surface area contributed by atoms with Crippen molar-refractivity contribution < 1.29 is 36.6 Å². The number of hydrogen-bond acceptors (Lipinski definition) is 2. The summed E-state index contributed by atoms with van der Waals surface area (Å²) in [5.74, 6) is -1.96. The van der Waals surface area contributed by atoms with E-state index in [4.69, 9.17) is 10.2 Å². The first-order chi connectivity index (χ1) is 4.54. The van der Waals surface area contributed by atoms with Crippen molar-refractivity contribution in [2.45, 2.75) is 0 Å². The fraction of sp³-hybridized carbons (Fsp3) is 0. The zero-order valence-electron chi connectivity index (χ0n) is 5.61. The van der Waals surface area contributed by atoms with Gasteiger partial charge in [0, 0.05) is 28.9 Å². The van der Waals surface area contributed by atoms with Gasteiger partial charge in [-0.15, -0.1) is 0 Å². The van der Waals surface area contributed by atoms with Crippen LogP contribution in [0.3, 0.4) is 0 Å². The van der Waals surface area contributed by atoms with Gasteiger partial charge in [-0.25, -0.2) is 9.59 Å². The van der Waals surface area contributed by atoms with Crippen molar-refractivity contribution in [1.82, 2.24) is 0 Å². The van der Waals surface area contributed by atoms with Crippen LogP contribution >= 0.6 is 0 Å². The molecule has 0 atom stereocenters. The predicted molar refractivity (Wildman–Crippen MR) is 35.7 cm³/mol. The molecule has 4 nitrogen and oxygen atoms in total. The monoisotopic (exact) mass is 203 g/mol. The third-order valence-corrected chi connectivity index (χ3v) is 0.349. The fourth-order valence-corrected chi connectivity index (χ4v) is 0. The van der Waals surface area contributed by atoms with Gasteiger partial charge < -0.3 is 10.2 Å². The summed E-state index contributed by atoms with van der Waals surface area (Å²) in [5.41, 5.74) is 0. The van der Waals surface area contributed by atoms with E-state index in [0.29, 0.717) is 0 Å². The molecule has 0 fully saturated rings. The maximum atomic E-state index is 9.25. The standard InChI is InChI=1S/2C3H4O2.Co/c2*1-2-3(4)5;/h2*2H,1H2,(H,4,5);. The van der Waals surface area contributed by atoms with E-state index in [0.717, 1.165) is 12.2 Å². The summed E-state index contributed by atoms with van der Waals surface area (Å²) in [4.78, 5) is 18.5. The molecule has 0 rings (SSSR count). The van der Waals surface area contributed by atoms with Crippen molar-refractivity contribution in [2.75, 3.05) is 0 Å². The van der Waals surface area contributed by atoms with Crippen molar-refractivity contribution in [1.29, 1.82) is 0 Å². The van der Waals surface area contributed by atoms with Crippen molar-refractivity contribution in [3.05, 3.63) is 25.3 Å². The summed E-state index contributed by atoms with van der Waals surface area (Å²) in [5, 5.41) is 15.2. The first-order valence-corrected chi connectivity index (χ1v) is 2.25. The summed E-state index contributed by atoms with van der Waals surface area (Å²) < 4.78 is 0. The molecule has 0 aliphatic heterocycles. The Morgan fingerprint density at radius 1 is 1.00 bits per heavy atom. The zero-order valence-corrected chi connectivity index (χ0v) is 6.65. The minimum absolute atomic E-state index is 0. The van der Waals surface area contributed by atoms with Crippen molar-refractivity contribution in [3.8, 4) is 0 Å². The number of carboxylic acid groups (broad SMARTS) is 2. The maximum Gasteiger partial charge on any atom is 0.327 e. The quantitative estimate of drug-likeness (QED) is 0.641. The van der Waals surface area contributed by atoms with Crippen LogP contribution in [0.4, 0.5) is 0 Å². The van der Waals surface area contributed by atoms with E-state index in [-0.39, 0.29) is 16.8 Å². The van der Waals surface area contributed by atoms with E-state index in [1.807, 2.05) is 0 Å². The van der Waals surface area contributed by atoms with Gasteiger partial charge in [0.2, 0.25) is 0 Å². The van der Waals surface area contributed by atoms with Crippen molar-refractivity contribution >= 4 is 11.9 Å². The molecule has 0 aliphatic carbocycles. The van der Waals surface area contributed by atoms with Crippen LogP contribution in [0.25, 0.3) is 0 Å². The molecule has 0 heterocycles. The Balaban J connectivity index is -0.000000107. The molecule has 0 bridgehead atoms. The van der Waals surface area contributed by atoms with Crippen LogP contribution in [-0.2, 0) is 26.4 Å². The summed E-state index contributed by atoms with van der Waals surface area (Å²) in [6, 6.07) is 0. The van der Waals surface area contributed by atoms with Crippen molar-refractivity contribution in [3.63, 3.8) is 0 Å². The Morgan fingerprint density at radius 3 is 1.09 bits per heavy atom. The van der Waals surface area contributed by atoms with E-state index in [1.165, 1.54) is 0 Å². The predicted octanol–water partition coefficient (Wildman–Crippen LogP) is 0.512. The first-order valence-electron chi connectivity index (χ1n) is 2.25. The topological polar surface area (TPSA) is 74.6 Å². The molecule has 0 aromatic heterocycles. The molecule has 1 radical (unpaired) electrons. The smallest absolute Gasteiger partial charge is 0.327 e. The Morgan fingerprint density at radius 2 is 1.09 bits per heavy atom. The largest absolute Gasteiger partial charge is 0.478 e. The van der Waals surface area contributed by atoms with Crippen LogP contribution < -0.4 is 0 Å². The molecular weight excluding hydrogens is 195 g/mol. The molecular formula is C6H8CoO4. The van der Waals surface area contributed by atoms with Gasteiger partial charge in [0.15, 0.2) is 0 Å². The van der Waals surface area contributed by atoms with Gasteiger partial charge in [-0.2, -0.15) is 0 Å². The van der Waals surface area contributed by atoms with Crippen LogP contribution in [0, 0.1) is 0 Å². The SMILES string of the molecule is C=CC(=O)O.C=CC(=O)O.[Co]. The second-order valence-electron chi connectivity index (χ2n) is 1.08. The molecule has 0 spiro atoms. The number of carbonyl (C=O) groups is 2. The van der Waals surface area contributed by atoms with Crippen molar-refractivity contribution in [2.24, 2.45) is 0 Å². The Kier molecular flexibility index (Phi) is 17.5. The van der Waals surface area contributed by atoms with Gasteiger partial charge >= 0.3 is 11.9 Å². The number of carboxylic acids is 2. The molecule has 0 amide bonds. The molecule has 11 heavy (non-hydrogen) atoms. The fourth-order valence-electron chi connectivity index (χ4n) is 0. The van der Waals surface area contributed by atoms with Crippen LogP contribution in [0.1, 0.15) is 0 Å². The minimum atomic E-state index is -0.981.